The molecule has 2 heterocycles. The van der Waals surface area contributed by atoms with Gasteiger partial charge in [-0.25, -0.2) is 0 Å². The van der Waals surface area contributed by atoms with E-state index in [4.69, 9.17) is 16.3 Å². The molecule has 2 aromatic carbocycles. The molecule has 1 aliphatic heterocycles. The predicted molar refractivity (Wildman–Crippen MR) is 120 cm³/mol. The molecule has 9 heteroatoms. The molecule has 0 saturated carbocycles. The van der Waals surface area contributed by atoms with Crippen LogP contribution >= 0.6 is 23.4 Å². The van der Waals surface area contributed by atoms with Crippen molar-refractivity contribution < 1.29 is 9.53 Å². The number of hydrogen-bond donors (Lipinski definition) is 1. The minimum atomic E-state index is -0.153. The fourth-order valence-electron chi connectivity index (χ4n) is 3.12. The Kier molecular flexibility index (Phi) is 6.56. The quantitative estimate of drug-likeness (QED) is 0.584. The van der Waals surface area contributed by atoms with Gasteiger partial charge in [-0.05, 0) is 31.2 Å². The van der Waals surface area contributed by atoms with Crippen LogP contribution in [0.1, 0.15) is 5.56 Å². The molecule has 0 atom stereocenters. The van der Waals surface area contributed by atoms with Crippen LogP contribution in [0.25, 0.3) is 5.69 Å². The molecule has 0 bridgehead atoms. The first kappa shape index (κ1) is 20.7. The highest BCUT2D eigenvalue weighted by atomic mass is 35.5. The molecule has 0 radical (unpaired) electrons. The van der Waals surface area contributed by atoms with Gasteiger partial charge >= 0.3 is 0 Å². The van der Waals surface area contributed by atoms with Gasteiger partial charge in [-0.3, -0.25) is 9.36 Å². The summed E-state index contributed by atoms with van der Waals surface area (Å²) in [6.45, 7) is 4.86. The number of amides is 1. The second kappa shape index (κ2) is 9.51. The number of aryl methyl sites for hydroxylation is 1. The van der Waals surface area contributed by atoms with Crippen molar-refractivity contribution in [1.29, 1.82) is 0 Å². The highest BCUT2D eigenvalue weighted by molar-refractivity contribution is 7.99. The Morgan fingerprint density at radius 1 is 1.13 bits per heavy atom. The van der Waals surface area contributed by atoms with Gasteiger partial charge in [0.25, 0.3) is 0 Å². The predicted octanol–water partition coefficient (Wildman–Crippen LogP) is 3.80. The number of halogens is 1. The van der Waals surface area contributed by atoms with Gasteiger partial charge in [-0.15, -0.1) is 10.2 Å². The number of ether oxygens (including phenoxy) is 1. The smallest absolute Gasteiger partial charge is 0.234 e. The van der Waals surface area contributed by atoms with Crippen molar-refractivity contribution in [2.75, 3.05) is 42.3 Å². The van der Waals surface area contributed by atoms with E-state index in [0.717, 1.165) is 24.7 Å². The maximum atomic E-state index is 12.5. The lowest BCUT2D eigenvalue weighted by molar-refractivity contribution is -0.113. The number of benzene rings is 2. The highest BCUT2D eigenvalue weighted by Crippen LogP contribution is 2.28. The lowest BCUT2D eigenvalue weighted by Gasteiger charge is -2.27. The van der Waals surface area contributed by atoms with E-state index < -0.39 is 0 Å². The Labute approximate surface area is 184 Å². The fourth-order valence-corrected chi connectivity index (χ4v) is 4.05. The Morgan fingerprint density at radius 2 is 1.87 bits per heavy atom. The van der Waals surface area contributed by atoms with Crippen molar-refractivity contribution in [3.63, 3.8) is 0 Å². The molecule has 0 spiro atoms. The number of morpholine rings is 1. The van der Waals surface area contributed by atoms with Crippen molar-refractivity contribution in [3.8, 4) is 5.69 Å². The van der Waals surface area contributed by atoms with Crippen LogP contribution in [-0.4, -0.2) is 52.7 Å². The topological polar surface area (TPSA) is 72.3 Å². The Balaban J connectivity index is 1.55. The third-order valence-electron chi connectivity index (χ3n) is 4.68. The van der Waals surface area contributed by atoms with Crippen LogP contribution in [-0.2, 0) is 9.53 Å². The maximum absolute atomic E-state index is 12.5. The number of aromatic nitrogens is 3. The SMILES string of the molecule is Cc1ccc(-n2c(SCC(=O)Nc3ccccc3Cl)nnc2N2CCOCC2)cc1. The van der Waals surface area contributed by atoms with Crippen molar-refractivity contribution in [1.82, 2.24) is 14.8 Å². The van der Waals surface area contributed by atoms with Crippen LogP contribution in [0.3, 0.4) is 0 Å². The molecule has 3 aromatic rings. The summed E-state index contributed by atoms with van der Waals surface area (Å²) in [6, 6.07) is 15.4. The summed E-state index contributed by atoms with van der Waals surface area (Å²) < 4.78 is 7.46. The van der Waals surface area contributed by atoms with Crippen molar-refractivity contribution in [2.24, 2.45) is 0 Å². The number of carbonyl (C=O) groups excluding carboxylic acids is 1. The van der Waals surface area contributed by atoms with E-state index in [2.05, 4.69) is 32.5 Å². The van der Waals surface area contributed by atoms with Gasteiger partial charge in [0.15, 0.2) is 5.16 Å². The van der Waals surface area contributed by atoms with Gasteiger partial charge in [-0.2, -0.15) is 0 Å². The highest BCUT2D eigenvalue weighted by Gasteiger charge is 2.22. The number of hydrogen-bond acceptors (Lipinski definition) is 6. The third-order valence-corrected chi connectivity index (χ3v) is 5.94. The average molecular weight is 444 g/mol. The molecule has 4 rings (SSSR count). The second-order valence-electron chi connectivity index (χ2n) is 6.87. The minimum Gasteiger partial charge on any atom is -0.378 e. The molecule has 7 nitrogen and oxygen atoms in total. The van der Waals surface area contributed by atoms with Gasteiger partial charge < -0.3 is 15.0 Å². The van der Waals surface area contributed by atoms with Gasteiger partial charge in [0, 0.05) is 13.1 Å². The summed E-state index contributed by atoms with van der Waals surface area (Å²) in [7, 11) is 0. The summed E-state index contributed by atoms with van der Waals surface area (Å²) in [5, 5.41) is 12.8. The molecule has 0 unspecified atom stereocenters. The maximum Gasteiger partial charge on any atom is 0.234 e. The van der Waals surface area contributed by atoms with E-state index in [1.807, 2.05) is 35.8 Å². The van der Waals surface area contributed by atoms with Crippen LogP contribution in [0.15, 0.2) is 53.7 Å². The first-order valence-corrected chi connectivity index (χ1v) is 11.0. The van der Waals surface area contributed by atoms with E-state index in [0.29, 0.717) is 29.1 Å². The molecule has 1 aliphatic rings. The second-order valence-corrected chi connectivity index (χ2v) is 8.22. The van der Waals surface area contributed by atoms with E-state index in [1.54, 1.807) is 12.1 Å². The Bertz CT molecular complexity index is 1020. The van der Waals surface area contributed by atoms with E-state index in [1.165, 1.54) is 17.3 Å². The number of nitrogens with one attached hydrogen (secondary N) is 1. The standard InChI is InChI=1S/C21H22ClN5O2S/c1-15-6-8-16(9-7-15)27-20(26-10-12-29-13-11-26)24-25-21(27)30-14-19(28)23-18-5-3-2-4-17(18)22/h2-9H,10-14H2,1H3,(H,23,28). The number of nitrogens with zero attached hydrogens (tertiary/aromatic N) is 4. The van der Waals surface area contributed by atoms with Crippen molar-refractivity contribution in [2.45, 2.75) is 12.1 Å². The van der Waals surface area contributed by atoms with Crippen molar-refractivity contribution in [3.05, 3.63) is 59.1 Å². The van der Waals surface area contributed by atoms with Crippen LogP contribution in [0, 0.1) is 6.92 Å². The van der Waals surface area contributed by atoms with Crippen LogP contribution < -0.4 is 10.2 Å². The van der Waals surface area contributed by atoms with Crippen LogP contribution in [0.5, 0.6) is 0 Å². The zero-order valence-corrected chi connectivity index (χ0v) is 18.1. The fraction of sp³-hybridized carbons (Fsp3) is 0.286. The van der Waals surface area contributed by atoms with Gasteiger partial charge in [-0.1, -0.05) is 53.2 Å². The number of rotatable bonds is 6. The van der Waals surface area contributed by atoms with Crippen molar-refractivity contribution >= 4 is 40.9 Å². The van der Waals surface area contributed by atoms with Crippen LogP contribution in [0.2, 0.25) is 5.02 Å². The molecule has 1 aromatic heterocycles. The summed E-state index contributed by atoms with van der Waals surface area (Å²) in [6.07, 6.45) is 0. The Morgan fingerprint density at radius 3 is 2.60 bits per heavy atom. The molecule has 1 N–H and O–H groups in total. The van der Waals surface area contributed by atoms with E-state index in [-0.39, 0.29) is 11.7 Å². The number of carbonyl (C=O) groups is 1. The first-order chi connectivity index (χ1) is 14.6. The average Bonchev–Trinajstić information content (AvgIpc) is 3.19. The molecule has 1 amide bonds. The van der Waals surface area contributed by atoms with Gasteiger partial charge in [0.2, 0.25) is 11.9 Å². The molecular weight excluding hydrogens is 422 g/mol. The molecule has 0 aliphatic carbocycles. The normalized spacial score (nSPS) is 14.0. The van der Waals surface area contributed by atoms with E-state index >= 15 is 0 Å². The molecular formula is C21H22ClN5O2S. The molecule has 30 heavy (non-hydrogen) atoms. The molecule has 156 valence electrons. The zero-order valence-electron chi connectivity index (χ0n) is 16.5. The first-order valence-electron chi connectivity index (χ1n) is 9.64. The number of anilines is 2. The van der Waals surface area contributed by atoms with E-state index in [9.17, 15) is 4.79 Å². The lowest BCUT2D eigenvalue weighted by Crippen LogP contribution is -2.37. The number of para-hydroxylation sites is 1. The van der Waals surface area contributed by atoms with Gasteiger partial charge in [0.05, 0.1) is 35.4 Å². The lowest BCUT2D eigenvalue weighted by atomic mass is 10.2. The largest absolute Gasteiger partial charge is 0.378 e. The summed E-state index contributed by atoms with van der Waals surface area (Å²) >= 11 is 7.47. The molecule has 1 saturated heterocycles. The third kappa shape index (κ3) is 4.77. The summed E-state index contributed by atoms with van der Waals surface area (Å²) in [5.74, 6) is 0.800. The van der Waals surface area contributed by atoms with Crippen LogP contribution in [0.4, 0.5) is 11.6 Å². The summed E-state index contributed by atoms with van der Waals surface area (Å²) in [4.78, 5) is 14.6. The molecule has 1 fully saturated rings. The zero-order chi connectivity index (χ0) is 20.9. The monoisotopic (exact) mass is 443 g/mol. The Hall–Kier alpha value is -2.55. The summed E-state index contributed by atoms with van der Waals surface area (Å²) in [5.41, 5.74) is 2.73. The minimum absolute atomic E-state index is 0.153. The van der Waals surface area contributed by atoms with Gasteiger partial charge in [0.1, 0.15) is 0 Å². The number of thioether (sulfide) groups is 1.